The number of carbonyl (C=O) groups is 1. The third kappa shape index (κ3) is 4.48. The van der Waals surface area contributed by atoms with Crippen molar-refractivity contribution in [1.29, 1.82) is 0 Å². The number of azide groups is 1. The van der Waals surface area contributed by atoms with E-state index in [1.54, 1.807) is 0 Å². The van der Waals surface area contributed by atoms with Crippen LogP contribution in [0.1, 0.15) is 12.5 Å². The number of rotatable bonds is 5. The molecule has 0 amide bonds. The normalized spacial score (nSPS) is 11.3. The number of nitrogens with zero attached hydrogens (tertiary/aromatic N) is 3. The first kappa shape index (κ1) is 12.1. The molecule has 0 bridgehead atoms. The molecule has 5 heteroatoms. The fourth-order valence-corrected chi connectivity index (χ4v) is 1.38. The van der Waals surface area contributed by atoms with Gasteiger partial charge in [-0.15, -0.1) is 0 Å². The average Bonchev–Trinajstić information content (AvgIpc) is 2.26. The van der Waals surface area contributed by atoms with E-state index in [-0.39, 0.29) is 12.5 Å². The molecule has 0 aromatic heterocycles. The molecule has 1 rings (SSSR count). The van der Waals surface area contributed by atoms with Crippen molar-refractivity contribution < 1.29 is 9.53 Å². The number of hydrogen-bond donors (Lipinski definition) is 0. The summed E-state index contributed by atoms with van der Waals surface area (Å²) in [5.74, 6) is -0.367. The Balaban J connectivity index is 2.62. The third-order valence-electron chi connectivity index (χ3n) is 1.99. The monoisotopic (exact) mass is 219 g/mol. The Hall–Kier alpha value is -2.00. The summed E-state index contributed by atoms with van der Waals surface area (Å²) in [5.41, 5.74) is 9.28. The summed E-state index contributed by atoms with van der Waals surface area (Å²) in [6, 6.07) is 9.61. The van der Waals surface area contributed by atoms with Gasteiger partial charge in [-0.3, -0.25) is 4.79 Å². The van der Waals surface area contributed by atoms with Crippen LogP contribution in [0, 0.1) is 0 Å². The summed E-state index contributed by atoms with van der Waals surface area (Å²) in [4.78, 5) is 13.5. The minimum absolute atomic E-state index is 0.158. The Morgan fingerprint density at radius 1 is 1.50 bits per heavy atom. The highest BCUT2D eigenvalue weighted by Crippen LogP contribution is 2.07. The highest BCUT2D eigenvalue weighted by atomic mass is 16.5. The molecule has 0 aliphatic heterocycles. The van der Waals surface area contributed by atoms with E-state index in [4.69, 9.17) is 10.3 Å². The van der Waals surface area contributed by atoms with E-state index in [0.29, 0.717) is 6.42 Å². The molecule has 0 fully saturated rings. The standard InChI is InChI=1S/C11H13N3O2/c1-9(15)16-11(8-13-14-12)7-10-5-3-2-4-6-10/h2-6,11H,7-8H2,1H3/t11-/m0/s1. The predicted octanol–water partition coefficient (Wildman–Crippen LogP) is 2.47. The van der Waals surface area contributed by atoms with Gasteiger partial charge in [-0.05, 0) is 11.1 Å². The van der Waals surface area contributed by atoms with Gasteiger partial charge in [0.25, 0.3) is 0 Å². The molecule has 0 unspecified atom stereocenters. The first-order chi connectivity index (χ1) is 7.72. The summed E-state index contributed by atoms with van der Waals surface area (Å²) < 4.78 is 5.05. The molecule has 0 aliphatic rings. The van der Waals surface area contributed by atoms with E-state index in [0.717, 1.165) is 5.56 Å². The summed E-state index contributed by atoms with van der Waals surface area (Å²) in [6.45, 7) is 1.50. The van der Waals surface area contributed by atoms with E-state index < -0.39 is 6.10 Å². The van der Waals surface area contributed by atoms with Crippen LogP contribution in [0.25, 0.3) is 10.4 Å². The molecule has 5 nitrogen and oxygen atoms in total. The van der Waals surface area contributed by atoms with Crippen LogP contribution in [0.2, 0.25) is 0 Å². The lowest BCUT2D eigenvalue weighted by atomic mass is 10.1. The number of esters is 1. The molecule has 0 aliphatic carbocycles. The van der Waals surface area contributed by atoms with Crippen LogP contribution >= 0.6 is 0 Å². The predicted molar refractivity (Wildman–Crippen MR) is 59.7 cm³/mol. The zero-order valence-corrected chi connectivity index (χ0v) is 9.04. The summed E-state index contributed by atoms with van der Waals surface area (Å²) in [7, 11) is 0. The molecular formula is C11H13N3O2. The van der Waals surface area contributed by atoms with E-state index in [1.807, 2.05) is 30.3 Å². The van der Waals surface area contributed by atoms with Crippen LogP contribution in [-0.2, 0) is 16.0 Å². The second-order valence-corrected chi connectivity index (χ2v) is 3.33. The molecule has 0 spiro atoms. The number of ether oxygens (including phenoxy) is 1. The highest BCUT2D eigenvalue weighted by Gasteiger charge is 2.11. The lowest BCUT2D eigenvalue weighted by Gasteiger charge is -2.14. The zero-order valence-electron chi connectivity index (χ0n) is 9.04. The van der Waals surface area contributed by atoms with Crippen molar-refractivity contribution in [2.45, 2.75) is 19.4 Å². The van der Waals surface area contributed by atoms with Gasteiger partial charge in [0.05, 0.1) is 6.54 Å². The molecule has 0 saturated heterocycles. The van der Waals surface area contributed by atoms with Crippen molar-refractivity contribution in [2.75, 3.05) is 6.54 Å². The topological polar surface area (TPSA) is 75.1 Å². The third-order valence-corrected chi connectivity index (χ3v) is 1.99. The molecule has 16 heavy (non-hydrogen) atoms. The van der Waals surface area contributed by atoms with Gasteiger partial charge >= 0.3 is 5.97 Å². The molecule has 84 valence electrons. The Morgan fingerprint density at radius 2 is 2.19 bits per heavy atom. The first-order valence-corrected chi connectivity index (χ1v) is 4.94. The maximum absolute atomic E-state index is 10.9. The summed E-state index contributed by atoms with van der Waals surface area (Å²) in [5, 5.41) is 3.42. The van der Waals surface area contributed by atoms with Crippen molar-refractivity contribution in [3.63, 3.8) is 0 Å². The van der Waals surface area contributed by atoms with Crippen molar-refractivity contribution >= 4 is 5.97 Å². The van der Waals surface area contributed by atoms with Crippen molar-refractivity contribution in [2.24, 2.45) is 5.11 Å². The lowest BCUT2D eigenvalue weighted by Crippen LogP contribution is -2.22. The van der Waals surface area contributed by atoms with Crippen LogP contribution in [0.3, 0.4) is 0 Å². The van der Waals surface area contributed by atoms with Gasteiger partial charge in [-0.1, -0.05) is 35.4 Å². The van der Waals surface area contributed by atoms with Crippen LogP contribution in [0.5, 0.6) is 0 Å². The Kier molecular flexibility index (Phi) is 4.89. The van der Waals surface area contributed by atoms with Gasteiger partial charge in [0.2, 0.25) is 0 Å². The molecule has 1 aromatic rings. The SMILES string of the molecule is CC(=O)O[C@H](CN=[N+]=[N-])Cc1ccccc1. The van der Waals surface area contributed by atoms with E-state index >= 15 is 0 Å². The van der Waals surface area contributed by atoms with Gasteiger partial charge < -0.3 is 4.74 Å². The fourth-order valence-electron chi connectivity index (χ4n) is 1.38. The maximum Gasteiger partial charge on any atom is 0.302 e. The first-order valence-electron chi connectivity index (χ1n) is 4.94. The molecule has 0 N–H and O–H groups in total. The second kappa shape index (κ2) is 6.48. The minimum atomic E-state index is -0.393. The molecule has 1 aromatic carbocycles. The Labute approximate surface area is 93.7 Å². The molecule has 1 atom stereocenters. The fraction of sp³-hybridized carbons (Fsp3) is 0.364. The lowest BCUT2D eigenvalue weighted by molar-refractivity contribution is -0.145. The van der Waals surface area contributed by atoms with Gasteiger partial charge in [-0.25, -0.2) is 0 Å². The van der Waals surface area contributed by atoms with Crippen LogP contribution in [0.15, 0.2) is 35.4 Å². The largest absolute Gasteiger partial charge is 0.462 e. The maximum atomic E-state index is 10.9. The highest BCUT2D eigenvalue weighted by molar-refractivity contribution is 5.66. The van der Waals surface area contributed by atoms with Gasteiger partial charge in [0, 0.05) is 18.3 Å². The molecular weight excluding hydrogens is 206 g/mol. The minimum Gasteiger partial charge on any atom is -0.462 e. The molecule has 0 heterocycles. The van der Waals surface area contributed by atoms with Gasteiger partial charge in [0.15, 0.2) is 0 Å². The van der Waals surface area contributed by atoms with Crippen LogP contribution in [-0.4, -0.2) is 18.6 Å². The smallest absolute Gasteiger partial charge is 0.302 e. The van der Waals surface area contributed by atoms with E-state index in [2.05, 4.69) is 10.0 Å². The number of hydrogen-bond acceptors (Lipinski definition) is 3. The van der Waals surface area contributed by atoms with Crippen molar-refractivity contribution in [3.8, 4) is 0 Å². The quantitative estimate of drug-likeness (QED) is 0.330. The summed E-state index contributed by atoms with van der Waals surface area (Å²) >= 11 is 0. The number of benzene rings is 1. The molecule has 0 saturated carbocycles. The van der Waals surface area contributed by atoms with Crippen molar-refractivity contribution in [1.82, 2.24) is 0 Å². The van der Waals surface area contributed by atoms with Gasteiger partial charge in [-0.2, -0.15) is 0 Å². The van der Waals surface area contributed by atoms with Crippen LogP contribution < -0.4 is 0 Å². The van der Waals surface area contributed by atoms with Gasteiger partial charge in [0.1, 0.15) is 6.10 Å². The zero-order chi connectivity index (χ0) is 11.8. The molecule has 0 radical (unpaired) electrons. The number of carbonyl (C=O) groups excluding carboxylic acids is 1. The van der Waals surface area contributed by atoms with E-state index in [1.165, 1.54) is 6.92 Å². The Morgan fingerprint density at radius 3 is 2.75 bits per heavy atom. The second-order valence-electron chi connectivity index (χ2n) is 3.33. The summed E-state index contributed by atoms with van der Waals surface area (Å²) in [6.07, 6.45) is 0.162. The van der Waals surface area contributed by atoms with Crippen LogP contribution in [0.4, 0.5) is 0 Å². The average molecular weight is 219 g/mol. The Bertz CT molecular complexity index is 381. The van der Waals surface area contributed by atoms with Crippen molar-refractivity contribution in [3.05, 3.63) is 46.3 Å². The van der Waals surface area contributed by atoms with E-state index in [9.17, 15) is 4.79 Å².